The Morgan fingerprint density at radius 3 is 2.93 bits per heavy atom. The Morgan fingerprint density at radius 2 is 2.18 bits per heavy atom. The predicted molar refractivity (Wildman–Crippen MR) is 107 cm³/mol. The number of halogens is 1. The zero-order valence-corrected chi connectivity index (χ0v) is 17.0. The number of carbonyl (C=O) groups excluding carboxylic acids is 2. The van der Waals surface area contributed by atoms with E-state index in [1.165, 1.54) is 18.4 Å². The van der Waals surface area contributed by atoms with Crippen molar-refractivity contribution < 1.29 is 18.7 Å². The van der Waals surface area contributed by atoms with Crippen LogP contribution in [0.3, 0.4) is 0 Å². The molecule has 2 amide bonds. The van der Waals surface area contributed by atoms with Crippen LogP contribution in [0.4, 0.5) is 5.69 Å². The number of carbonyl (C=O) groups is 2. The standard InChI is InChI=1S/C17H15ClN4O4S2/c1-25-12-5-4-10(18)7-11(12)20-14(23)9-28-17-22-21-15(26-17)8-19-16(24)13-3-2-6-27-13/h2-7H,8-9H2,1H3,(H,19,24)(H,20,23). The summed E-state index contributed by atoms with van der Waals surface area (Å²) in [6.07, 6.45) is 0. The summed E-state index contributed by atoms with van der Waals surface area (Å²) in [5.74, 6) is 0.320. The molecule has 0 atom stereocenters. The highest BCUT2D eigenvalue weighted by molar-refractivity contribution is 7.99. The molecule has 0 saturated heterocycles. The second kappa shape index (κ2) is 9.58. The van der Waals surface area contributed by atoms with Gasteiger partial charge in [-0.2, -0.15) is 0 Å². The number of thioether (sulfide) groups is 1. The van der Waals surface area contributed by atoms with Crippen LogP contribution in [0.2, 0.25) is 5.02 Å². The molecule has 2 aromatic heterocycles. The Hall–Kier alpha value is -2.56. The van der Waals surface area contributed by atoms with Crippen LogP contribution in [0.5, 0.6) is 5.75 Å². The molecular weight excluding hydrogens is 424 g/mol. The van der Waals surface area contributed by atoms with Gasteiger partial charge in [0.25, 0.3) is 11.1 Å². The fourth-order valence-electron chi connectivity index (χ4n) is 2.11. The van der Waals surface area contributed by atoms with Crippen LogP contribution in [0, 0.1) is 0 Å². The number of thiophene rings is 1. The summed E-state index contributed by atoms with van der Waals surface area (Å²) in [5.41, 5.74) is 0.475. The van der Waals surface area contributed by atoms with E-state index in [1.807, 2.05) is 5.38 Å². The average molecular weight is 439 g/mol. The molecule has 1 aromatic carbocycles. The molecular formula is C17H15ClN4O4S2. The minimum atomic E-state index is -0.281. The van der Waals surface area contributed by atoms with E-state index in [0.717, 1.165) is 11.8 Å². The molecule has 28 heavy (non-hydrogen) atoms. The van der Waals surface area contributed by atoms with Gasteiger partial charge in [0, 0.05) is 5.02 Å². The molecule has 0 fully saturated rings. The molecule has 0 saturated carbocycles. The van der Waals surface area contributed by atoms with Crippen LogP contribution >= 0.6 is 34.7 Å². The third kappa shape index (κ3) is 5.47. The van der Waals surface area contributed by atoms with Crippen LogP contribution in [-0.4, -0.2) is 34.9 Å². The van der Waals surface area contributed by atoms with Gasteiger partial charge in [0.1, 0.15) is 5.75 Å². The fraction of sp³-hybridized carbons (Fsp3) is 0.176. The van der Waals surface area contributed by atoms with Crippen LogP contribution < -0.4 is 15.4 Å². The summed E-state index contributed by atoms with van der Waals surface area (Å²) in [7, 11) is 1.50. The Labute approximate surface area is 173 Å². The van der Waals surface area contributed by atoms with E-state index < -0.39 is 0 Å². The van der Waals surface area contributed by atoms with E-state index in [0.29, 0.717) is 21.3 Å². The molecule has 0 unspecified atom stereocenters. The molecule has 0 aliphatic heterocycles. The van der Waals surface area contributed by atoms with Crippen LogP contribution in [0.15, 0.2) is 45.4 Å². The Bertz CT molecular complexity index is 962. The molecule has 0 aliphatic rings. The maximum absolute atomic E-state index is 12.1. The third-order valence-electron chi connectivity index (χ3n) is 3.36. The molecule has 2 N–H and O–H groups in total. The topological polar surface area (TPSA) is 106 Å². The highest BCUT2D eigenvalue weighted by atomic mass is 35.5. The van der Waals surface area contributed by atoms with Gasteiger partial charge in [-0.25, -0.2) is 0 Å². The number of nitrogens with one attached hydrogen (secondary N) is 2. The van der Waals surface area contributed by atoms with Crippen molar-refractivity contribution in [2.24, 2.45) is 0 Å². The minimum Gasteiger partial charge on any atom is -0.495 e. The van der Waals surface area contributed by atoms with Crippen LogP contribution in [0.25, 0.3) is 0 Å². The van der Waals surface area contributed by atoms with Gasteiger partial charge < -0.3 is 19.8 Å². The first kappa shape index (κ1) is 20.2. The van der Waals surface area contributed by atoms with Crippen molar-refractivity contribution in [3.8, 4) is 5.75 Å². The van der Waals surface area contributed by atoms with Crippen molar-refractivity contribution in [2.75, 3.05) is 18.2 Å². The monoisotopic (exact) mass is 438 g/mol. The van der Waals surface area contributed by atoms with E-state index in [2.05, 4.69) is 20.8 Å². The summed E-state index contributed by atoms with van der Waals surface area (Å²) in [4.78, 5) is 24.6. The van der Waals surface area contributed by atoms with Gasteiger partial charge >= 0.3 is 0 Å². The zero-order valence-electron chi connectivity index (χ0n) is 14.6. The lowest BCUT2D eigenvalue weighted by Gasteiger charge is -2.09. The van der Waals surface area contributed by atoms with Crippen molar-refractivity contribution in [1.82, 2.24) is 15.5 Å². The van der Waals surface area contributed by atoms with Gasteiger partial charge in [-0.1, -0.05) is 29.4 Å². The van der Waals surface area contributed by atoms with Gasteiger partial charge in [-0.15, -0.1) is 21.5 Å². The Kier molecular flexibility index (Phi) is 6.90. The zero-order chi connectivity index (χ0) is 19.9. The normalized spacial score (nSPS) is 10.5. The number of rotatable bonds is 8. The fourth-order valence-corrected chi connectivity index (χ4v) is 3.50. The molecule has 2 heterocycles. The summed E-state index contributed by atoms with van der Waals surface area (Å²) >= 11 is 8.37. The van der Waals surface area contributed by atoms with Crippen molar-refractivity contribution in [3.63, 3.8) is 0 Å². The highest BCUT2D eigenvalue weighted by Crippen LogP contribution is 2.28. The number of nitrogens with zero attached hydrogens (tertiary/aromatic N) is 2. The van der Waals surface area contributed by atoms with E-state index in [9.17, 15) is 9.59 Å². The molecule has 0 spiro atoms. The molecule has 0 aliphatic carbocycles. The van der Waals surface area contributed by atoms with Crippen molar-refractivity contribution >= 4 is 52.2 Å². The predicted octanol–water partition coefficient (Wildman–Crippen LogP) is 3.45. The third-order valence-corrected chi connectivity index (χ3v) is 5.28. The largest absolute Gasteiger partial charge is 0.495 e. The summed E-state index contributed by atoms with van der Waals surface area (Å²) in [5, 5.41) is 15.6. The number of hydrogen-bond donors (Lipinski definition) is 2. The number of methoxy groups -OCH3 is 1. The van der Waals surface area contributed by atoms with Crippen molar-refractivity contribution in [3.05, 3.63) is 51.5 Å². The van der Waals surface area contributed by atoms with Gasteiger partial charge in [0.2, 0.25) is 11.8 Å². The van der Waals surface area contributed by atoms with E-state index in [1.54, 1.807) is 30.3 Å². The van der Waals surface area contributed by atoms with E-state index in [4.69, 9.17) is 20.8 Å². The molecule has 0 bridgehead atoms. The first-order valence-electron chi connectivity index (χ1n) is 7.95. The molecule has 11 heteroatoms. The van der Waals surface area contributed by atoms with E-state index in [-0.39, 0.29) is 35.2 Å². The number of hydrogen-bond acceptors (Lipinski definition) is 8. The SMILES string of the molecule is COc1ccc(Cl)cc1NC(=O)CSc1nnc(CNC(=O)c2cccs2)o1. The number of amides is 2. The number of anilines is 1. The first-order chi connectivity index (χ1) is 13.5. The molecule has 146 valence electrons. The Balaban J connectivity index is 1.48. The smallest absolute Gasteiger partial charge is 0.277 e. The average Bonchev–Trinajstić information content (AvgIpc) is 3.37. The lowest BCUT2D eigenvalue weighted by molar-refractivity contribution is -0.113. The molecule has 0 radical (unpaired) electrons. The summed E-state index contributed by atoms with van der Waals surface area (Å²) < 4.78 is 10.6. The minimum absolute atomic E-state index is 0.0544. The molecule has 3 aromatic rings. The van der Waals surface area contributed by atoms with E-state index >= 15 is 0 Å². The second-order valence-corrected chi connectivity index (χ2v) is 7.61. The second-order valence-electron chi connectivity index (χ2n) is 5.30. The summed E-state index contributed by atoms with van der Waals surface area (Å²) in [6.45, 7) is 0.107. The quantitative estimate of drug-likeness (QED) is 0.518. The van der Waals surface area contributed by atoms with Gasteiger partial charge in [-0.3, -0.25) is 9.59 Å². The van der Waals surface area contributed by atoms with Gasteiger partial charge in [-0.05, 0) is 29.6 Å². The van der Waals surface area contributed by atoms with Gasteiger partial charge in [0.15, 0.2) is 0 Å². The number of benzene rings is 1. The molecule has 3 rings (SSSR count). The maximum Gasteiger partial charge on any atom is 0.277 e. The van der Waals surface area contributed by atoms with Crippen LogP contribution in [-0.2, 0) is 11.3 Å². The lowest BCUT2D eigenvalue weighted by atomic mass is 10.3. The highest BCUT2D eigenvalue weighted by Gasteiger charge is 2.13. The number of ether oxygens (including phenoxy) is 1. The Morgan fingerprint density at radius 1 is 1.32 bits per heavy atom. The summed E-state index contributed by atoms with van der Waals surface area (Å²) in [6, 6.07) is 8.46. The lowest BCUT2D eigenvalue weighted by Crippen LogP contribution is -2.21. The number of aromatic nitrogens is 2. The van der Waals surface area contributed by atoms with Crippen LogP contribution in [0.1, 0.15) is 15.6 Å². The van der Waals surface area contributed by atoms with Crippen molar-refractivity contribution in [1.29, 1.82) is 0 Å². The maximum atomic E-state index is 12.1. The first-order valence-corrected chi connectivity index (χ1v) is 10.2. The molecule has 8 nitrogen and oxygen atoms in total. The van der Waals surface area contributed by atoms with Crippen molar-refractivity contribution in [2.45, 2.75) is 11.8 Å². The van der Waals surface area contributed by atoms with Gasteiger partial charge in [0.05, 0.1) is 30.0 Å².